The van der Waals surface area contributed by atoms with Gasteiger partial charge in [-0.3, -0.25) is 10.1 Å². The van der Waals surface area contributed by atoms with E-state index in [0.29, 0.717) is 17.1 Å². The molecule has 4 aromatic rings. The van der Waals surface area contributed by atoms with Crippen LogP contribution in [0.2, 0.25) is 0 Å². The first-order valence-corrected chi connectivity index (χ1v) is 11.3. The van der Waals surface area contributed by atoms with E-state index in [2.05, 4.69) is 65.9 Å². The summed E-state index contributed by atoms with van der Waals surface area (Å²) in [6, 6.07) is 20.5. The van der Waals surface area contributed by atoms with Crippen LogP contribution in [0, 0.1) is 0 Å². The molecule has 0 radical (unpaired) electrons. The molecule has 3 atom stereocenters. The summed E-state index contributed by atoms with van der Waals surface area (Å²) in [4.78, 5) is 21.4. The molecule has 0 saturated carbocycles. The Morgan fingerprint density at radius 1 is 1.00 bits per heavy atom. The third-order valence-corrected chi connectivity index (χ3v) is 6.67. The minimum absolute atomic E-state index is 0.0303. The number of fused-ring (bicyclic) bond motifs is 1. The fourth-order valence-corrected chi connectivity index (χ4v) is 4.50. The molecule has 0 aliphatic carbocycles. The highest BCUT2D eigenvalue weighted by Crippen LogP contribution is 2.30. The highest BCUT2D eigenvalue weighted by Gasteiger charge is 2.20. The quantitative estimate of drug-likeness (QED) is 0.391. The van der Waals surface area contributed by atoms with Crippen LogP contribution in [0.15, 0.2) is 70.8 Å². The van der Waals surface area contributed by atoms with Crippen LogP contribution in [-0.2, 0) is 0 Å². The summed E-state index contributed by atoms with van der Waals surface area (Å²) in [6.07, 6.45) is 1.13. The van der Waals surface area contributed by atoms with Gasteiger partial charge in [0.15, 0.2) is 0 Å². The first-order valence-electron chi connectivity index (χ1n) is 10.4. The molecule has 0 aliphatic heterocycles. The number of hydrogen-bond donors (Lipinski definition) is 2. The molecule has 0 aliphatic rings. The maximum absolute atomic E-state index is 12.5. The summed E-state index contributed by atoms with van der Waals surface area (Å²) in [5, 5.41) is 6.39. The fourth-order valence-electron chi connectivity index (χ4n) is 3.69. The second kappa shape index (κ2) is 8.94. The second-order valence-corrected chi connectivity index (χ2v) is 8.76. The Balaban J connectivity index is 1.65. The van der Waals surface area contributed by atoms with Crippen LogP contribution in [0.5, 0.6) is 0 Å². The van der Waals surface area contributed by atoms with Crippen LogP contribution in [0.4, 0.5) is 0 Å². The van der Waals surface area contributed by atoms with Gasteiger partial charge in [0, 0.05) is 4.88 Å². The molecular formula is C25H27N3OS. The van der Waals surface area contributed by atoms with Gasteiger partial charge in [0.1, 0.15) is 5.82 Å². The molecule has 2 aromatic carbocycles. The van der Waals surface area contributed by atoms with Crippen molar-refractivity contribution in [3.63, 3.8) is 0 Å². The highest BCUT2D eigenvalue weighted by molar-refractivity contribution is 7.10. The number of H-pyrrole nitrogens is 1. The van der Waals surface area contributed by atoms with E-state index in [1.165, 1.54) is 16.0 Å². The summed E-state index contributed by atoms with van der Waals surface area (Å²) in [7, 11) is 0. The zero-order valence-corrected chi connectivity index (χ0v) is 18.4. The lowest BCUT2D eigenvalue weighted by Crippen LogP contribution is -2.28. The molecule has 4 rings (SSSR count). The lowest BCUT2D eigenvalue weighted by Gasteiger charge is -2.23. The Labute approximate surface area is 181 Å². The van der Waals surface area contributed by atoms with E-state index in [9.17, 15) is 4.79 Å². The Morgan fingerprint density at radius 3 is 2.43 bits per heavy atom. The standard InChI is InChI=1S/C25H27N3OS/c1-4-16(2)18-11-13-19(14-12-18)23(22-10-7-15-30-22)26-17(3)24-27-21-9-6-5-8-20(21)25(29)28-24/h5-17,23,26H,4H2,1-3H3,(H,27,28,29)/t16-,17+,23+/m1/s1. The van der Waals surface area contributed by atoms with E-state index in [1.54, 1.807) is 17.4 Å². The van der Waals surface area contributed by atoms with Crippen LogP contribution >= 0.6 is 11.3 Å². The van der Waals surface area contributed by atoms with Crippen LogP contribution in [-0.4, -0.2) is 9.97 Å². The monoisotopic (exact) mass is 417 g/mol. The van der Waals surface area contributed by atoms with Crippen molar-refractivity contribution in [2.24, 2.45) is 0 Å². The molecule has 2 heterocycles. The SMILES string of the molecule is CC[C@@H](C)c1ccc([C@H](N[C@@H](C)c2nc3ccccc3c(=O)[nH]2)c2cccs2)cc1. The van der Waals surface area contributed by atoms with Gasteiger partial charge in [0.05, 0.1) is 23.0 Å². The average molecular weight is 418 g/mol. The fraction of sp³-hybridized carbons (Fsp3) is 0.280. The van der Waals surface area contributed by atoms with Gasteiger partial charge >= 0.3 is 0 Å². The van der Waals surface area contributed by atoms with Gasteiger partial charge in [0.25, 0.3) is 5.56 Å². The van der Waals surface area contributed by atoms with Gasteiger partial charge < -0.3 is 4.98 Å². The van der Waals surface area contributed by atoms with Crippen molar-refractivity contribution in [1.82, 2.24) is 15.3 Å². The molecule has 2 aromatic heterocycles. The van der Waals surface area contributed by atoms with Crippen molar-refractivity contribution >= 4 is 22.2 Å². The van der Waals surface area contributed by atoms with E-state index >= 15 is 0 Å². The van der Waals surface area contributed by atoms with E-state index in [-0.39, 0.29) is 17.6 Å². The normalized spacial score (nSPS) is 14.5. The van der Waals surface area contributed by atoms with Crippen molar-refractivity contribution < 1.29 is 0 Å². The molecule has 4 nitrogen and oxygen atoms in total. The van der Waals surface area contributed by atoms with Gasteiger partial charge in [-0.25, -0.2) is 4.98 Å². The number of nitrogens with one attached hydrogen (secondary N) is 2. The summed E-state index contributed by atoms with van der Waals surface area (Å²) in [5.74, 6) is 1.20. The molecule has 30 heavy (non-hydrogen) atoms. The summed E-state index contributed by atoms with van der Waals surface area (Å²) in [6.45, 7) is 6.52. The van der Waals surface area contributed by atoms with Crippen molar-refractivity contribution in [1.29, 1.82) is 0 Å². The Hall–Kier alpha value is -2.76. The Morgan fingerprint density at radius 2 is 1.73 bits per heavy atom. The topological polar surface area (TPSA) is 57.8 Å². The van der Waals surface area contributed by atoms with Crippen molar-refractivity contribution in [3.8, 4) is 0 Å². The van der Waals surface area contributed by atoms with Gasteiger partial charge in [0.2, 0.25) is 0 Å². The molecule has 0 amide bonds. The number of thiophene rings is 1. The largest absolute Gasteiger partial charge is 0.309 e. The zero-order valence-electron chi connectivity index (χ0n) is 17.6. The molecule has 0 unspecified atom stereocenters. The van der Waals surface area contributed by atoms with Gasteiger partial charge in [-0.05, 0) is 54.0 Å². The number of benzene rings is 2. The third kappa shape index (κ3) is 4.23. The average Bonchev–Trinajstić information content (AvgIpc) is 3.31. The number of rotatable bonds is 7. The van der Waals surface area contributed by atoms with E-state index in [1.807, 2.05) is 25.1 Å². The molecule has 0 spiro atoms. The van der Waals surface area contributed by atoms with Crippen LogP contribution < -0.4 is 10.9 Å². The maximum atomic E-state index is 12.5. The molecule has 2 N–H and O–H groups in total. The second-order valence-electron chi connectivity index (χ2n) is 7.78. The third-order valence-electron chi connectivity index (χ3n) is 5.74. The molecular weight excluding hydrogens is 390 g/mol. The highest BCUT2D eigenvalue weighted by atomic mass is 32.1. The van der Waals surface area contributed by atoms with E-state index < -0.39 is 0 Å². The van der Waals surface area contributed by atoms with Crippen molar-refractivity contribution in [2.75, 3.05) is 0 Å². The number of nitrogens with zero attached hydrogens (tertiary/aromatic N) is 1. The summed E-state index contributed by atoms with van der Waals surface area (Å²) >= 11 is 1.73. The smallest absolute Gasteiger partial charge is 0.258 e. The summed E-state index contributed by atoms with van der Waals surface area (Å²) in [5.41, 5.74) is 3.18. The van der Waals surface area contributed by atoms with Crippen LogP contribution in [0.25, 0.3) is 10.9 Å². The van der Waals surface area contributed by atoms with Crippen LogP contribution in [0.1, 0.15) is 67.0 Å². The van der Waals surface area contributed by atoms with Crippen LogP contribution in [0.3, 0.4) is 0 Å². The lowest BCUT2D eigenvalue weighted by molar-refractivity contribution is 0.500. The maximum Gasteiger partial charge on any atom is 0.258 e. The Kier molecular flexibility index (Phi) is 6.11. The number of aromatic amines is 1. The number of para-hydroxylation sites is 1. The molecule has 5 heteroatoms. The van der Waals surface area contributed by atoms with Gasteiger partial charge in [-0.15, -0.1) is 11.3 Å². The minimum Gasteiger partial charge on any atom is -0.309 e. The molecule has 0 fully saturated rings. The first-order chi connectivity index (χ1) is 14.6. The Bertz CT molecular complexity index is 1170. The minimum atomic E-state index is -0.122. The number of hydrogen-bond acceptors (Lipinski definition) is 4. The van der Waals surface area contributed by atoms with Crippen molar-refractivity contribution in [2.45, 2.75) is 45.2 Å². The number of aromatic nitrogens is 2. The van der Waals surface area contributed by atoms with Crippen molar-refractivity contribution in [3.05, 3.63) is 98.2 Å². The lowest BCUT2D eigenvalue weighted by atomic mass is 9.95. The molecule has 154 valence electrons. The predicted molar refractivity (Wildman–Crippen MR) is 125 cm³/mol. The predicted octanol–water partition coefficient (Wildman–Crippen LogP) is 5.94. The summed E-state index contributed by atoms with van der Waals surface area (Å²) < 4.78 is 0. The van der Waals surface area contributed by atoms with Gasteiger partial charge in [-0.2, -0.15) is 0 Å². The van der Waals surface area contributed by atoms with E-state index in [0.717, 1.165) is 11.9 Å². The molecule has 0 saturated heterocycles. The molecule has 0 bridgehead atoms. The van der Waals surface area contributed by atoms with E-state index in [4.69, 9.17) is 4.98 Å². The first kappa shape index (κ1) is 20.5. The van der Waals surface area contributed by atoms with Gasteiger partial charge in [-0.1, -0.05) is 56.3 Å². The zero-order chi connectivity index (χ0) is 21.1.